The van der Waals surface area contributed by atoms with E-state index in [2.05, 4.69) is 69.5 Å². The number of ether oxygens (including phenoxy) is 2. The molecule has 10 heteroatoms. The molecule has 0 aliphatic heterocycles. The lowest BCUT2D eigenvalue weighted by molar-refractivity contribution is -0.146. The zero-order chi connectivity index (χ0) is 40.3. The van der Waals surface area contributed by atoms with Gasteiger partial charge in [0.2, 0.25) is 0 Å². The fourth-order valence-electron chi connectivity index (χ4n) is 6.97. The molecule has 0 saturated heterocycles. The number of nitrogens with one attached hydrogen (secondary N) is 4. The molecule has 0 radical (unpaired) electrons. The fraction of sp³-hybridized carbons (Fsp3) is 0.234. The minimum Gasteiger partial charge on any atom is -0.456 e. The molecule has 0 amide bonds. The lowest BCUT2D eigenvalue weighted by atomic mass is 9.97. The van der Waals surface area contributed by atoms with E-state index in [9.17, 15) is 9.59 Å². The van der Waals surface area contributed by atoms with Gasteiger partial charge in [0.05, 0.1) is 34.8 Å². The summed E-state index contributed by atoms with van der Waals surface area (Å²) in [5.41, 5.74) is 7.52. The molecular formula is C47H46N6O4. The van der Waals surface area contributed by atoms with Crippen molar-refractivity contribution < 1.29 is 19.1 Å². The summed E-state index contributed by atoms with van der Waals surface area (Å²) in [7, 11) is 0. The molecule has 288 valence electrons. The third kappa shape index (κ3) is 8.60. The second-order valence-electron chi connectivity index (χ2n) is 15.2. The standard InChI is InChI=1S/C47H46N6O4/c1-6-36(41(48)45(54)56-27-28-11-9-8-10-12-28)43-50-26-40(53-43)31-17-13-29(14-18-31)32-19-15-30-16-20-33(24-35(30)23-32)34-21-22-38-39(25-34)52-44(51-38)37(7-2)42(49)46(55)57-47(3,4)5/h8-26,36-37,48-49H,6-7,27H2,1-5H3,(H,50,53)(H,51,52)/t36?,37-/m0/s1. The monoisotopic (exact) mass is 758 g/mol. The molecule has 0 saturated carbocycles. The molecule has 10 nitrogen and oxygen atoms in total. The number of fused-ring (bicyclic) bond motifs is 2. The SMILES string of the molecule is CCC(C(=N)C(=O)OCc1ccccc1)c1ncc(-c2ccc(-c3ccc4ccc(-c5ccc6nc([C@@H](CC)C(=N)C(=O)OC(C)(C)C)[nH]c6c5)cc4c3)cc2)[nH]1. The Morgan fingerprint density at radius 2 is 1.25 bits per heavy atom. The number of aromatic amines is 2. The van der Waals surface area contributed by atoms with Gasteiger partial charge in [0.25, 0.3) is 0 Å². The Morgan fingerprint density at radius 3 is 1.91 bits per heavy atom. The Labute approximate surface area is 331 Å². The maximum Gasteiger partial charge on any atom is 0.353 e. The van der Waals surface area contributed by atoms with Gasteiger partial charge in [-0.05, 0) is 102 Å². The number of benzene rings is 5. The van der Waals surface area contributed by atoms with Crippen molar-refractivity contribution in [2.24, 2.45) is 0 Å². The van der Waals surface area contributed by atoms with Gasteiger partial charge in [-0.15, -0.1) is 0 Å². The van der Waals surface area contributed by atoms with E-state index in [-0.39, 0.29) is 18.0 Å². The molecule has 2 atom stereocenters. The normalized spacial score (nSPS) is 12.6. The maximum atomic E-state index is 12.7. The highest BCUT2D eigenvalue weighted by atomic mass is 16.6. The second kappa shape index (κ2) is 16.2. The molecule has 7 aromatic rings. The number of hydrogen-bond donors (Lipinski definition) is 4. The van der Waals surface area contributed by atoms with Gasteiger partial charge in [0.15, 0.2) is 0 Å². The van der Waals surface area contributed by atoms with E-state index in [1.54, 1.807) is 27.0 Å². The number of hydrogen-bond acceptors (Lipinski definition) is 8. The predicted octanol–water partition coefficient (Wildman–Crippen LogP) is 10.6. The van der Waals surface area contributed by atoms with Crippen LogP contribution in [-0.2, 0) is 25.7 Å². The summed E-state index contributed by atoms with van der Waals surface area (Å²) in [4.78, 5) is 41.4. The van der Waals surface area contributed by atoms with E-state index in [0.717, 1.165) is 60.9 Å². The summed E-state index contributed by atoms with van der Waals surface area (Å²) in [6.07, 6.45) is 2.80. The third-order valence-electron chi connectivity index (χ3n) is 10.0. The summed E-state index contributed by atoms with van der Waals surface area (Å²) in [6, 6.07) is 36.6. The molecule has 2 aromatic heterocycles. The van der Waals surface area contributed by atoms with Gasteiger partial charge in [-0.3, -0.25) is 10.8 Å². The average molecular weight is 759 g/mol. The molecule has 4 N–H and O–H groups in total. The molecule has 1 unspecified atom stereocenters. The summed E-state index contributed by atoms with van der Waals surface area (Å²) in [5, 5.41) is 19.3. The van der Waals surface area contributed by atoms with Crippen molar-refractivity contribution in [1.29, 1.82) is 10.8 Å². The van der Waals surface area contributed by atoms with Crippen molar-refractivity contribution in [2.45, 2.75) is 71.5 Å². The van der Waals surface area contributed by atoms with Gasteiger partial charge >= 0.3 is 11.9 Å². The minimum atomic E-state index is -0.682. The van der Waals surface area contributed by atoms with Crippen LogP contribution >= 0.6 is 0 Å². The van der Waals surface area contributed by atoms with Gasteiger partial charge in [-0.1, -0.05) is 98.8 Å². The van der Waals surface area contributed by atoms with E-state index < -0.39 is 29.4 Å². The smallest absolute Gasteiger partial charge is 0.353 e. The summed E-state index contributed by atoms with van der Waals surface area (Å²) in [6.45, 7) is 9.35. The van der Waals surface area contributed by atoms with Crippen LogP contribution in [0.1, 0.15) is 76.5 Å². The topological polar surface area (TPSA) is 158 Å². The first-order valence-electron chi connectivity index (χ1n) is 19.2. The van der Waals surface area contributed by atoms with Crippen LogP contribution in [0.15, 0.2) is 115 Å². The van der Waals surface area contributed by atoms with Crippen molar-refractivity contribution in [3.63, 3.8) is 0 Å². The van der Waals surface area contributed by atoms with Crippen LogP contribution in [0, 0.1) is 10.8 Å². The number of carbonyl (C=O) groups excluding carboxylic acids is 2. The van der Waals surface area contributed by atoms with Crippen LogP contribution in [0.5, 0.6) is 0 Å². The molecule has 0 aliphatic carbocycles. The second-order valence-corrected chi connectivity index (χ2v) is 15.2. The third-order valence-corrected chi connectivity index (χ3v) is 10.0. The van der Waals surface area contributed by atoms with Crippen molar-refractivity contribution >= 4 is 45.2 Å². The van der Waals surface area contributed by atoms with Crippen LogP contribution < -0.4 is 0 Å². The molecule has 0 aliphatic rings. The van der Waals surface area contributed by atoms with E-state index >= 15 is 0 Å². The first kappa shape index (κ1) is 38.6. The molecule has 0 spiro atoms. The largest absolute Gasteiger partial charge is 0.456 e. The quantitative estimate of drug-likeness (QED) is 0.0677. The molecule has 7 rings (SSSR count). The first-order chi connectivity index (χ1) is 27.4. The van der Waals surface area contributed by atoms with E-state index in [4.69, 9.17) is 25.3 Å². The van der Waals surface area contributed by atoms with Crippen LogP contribution in [0.3, 0.4) is 0 Å². The Hall–Kier alpha value is -6.68. The highest BCUT2D eigenvalue weighted by Gasteiger charge is 2.29. The predicted molar refractivity (Wildman–Crippen MR) is 226 cm³/mol. The molecule has 0 fully saturated rings. The lowest BCUT2D eigenvalue weighted by Gasteiger charge is -2.21. The fourth-order valence-corrected chi connectivity index (χ4v) is 6.97. The Balaban J connectivity index is 1.06. The first-order valence-corrected chi connectivity index (χ1v) is 19.2. The lowest BCUT2D eigenvalue weighted by Crippen LogP contribution is -2.31. The number of H-pyrrole nitrogens is 2. The van der Waals surface area contributed by atoms with E-state index in [1.807, 2.05) is 68.4 Å². The highest BCUT2D eigenvalue weighted by molar-refractivity contribution is 6.37. The Kier molecular flexibility index (Phi) is 11.0. The van der Waals surface area contributed by atoms with Gasteiger partial charge in [0, 0.05) is 0 Å². The van der Waals surface area contributed by atoms with Crippen molar-refractivity contribution in [1.82, 2.24) is 19.9 Å². The van der Waals surface area contributed by atoms with Crippen LogP contribution in [0.25, 0.3) is 55.3 Å². The number of aromatic nitrogens is 4. The average Bonchev–Trinajstić information content (AvgIpc) is 3.87. The molecule has 0 bridgehead atoms. The number of esters is 2. The van der Waals surface area contributed by atoms with Gasteiger partial charge in [0.1, 0.15) is 35.3 Å². The van der Waals surface area contributed by atoms with E-state index in [0.29, 0.717) is 24.5 Å². The number of rotatable bonds is 13. The van der Waals surface area contributed by atoms with Crippen LogP contribution in [0.2, 0.25) is 0 Å². The van der Waals surface area contributed by atoms with Gasteiger partial charge in [-0.25, -0.2) is 19.6 Å². The molecule has 57 heavy (non-hydrogen) atoms. The maximum absolute atomic E-state index is 12.7. The molecule has 5 aromatic carbocycles. The number of carbonyl (C=O) groups is 2. The van der Waals surface area contributed by atoms with Crippen molar-refractivity contribution in [2.75, 3.05) is 0 Å². The number of nitrogens with zero attached hydrogens (tertiary/aromatic N) is 2. The van der Waals surface area contributed by atoms with Crippen molar-refractivity contribution in [3.05, 3.63) is 133 Å². The summed E-state index contributed by atoms with van der Waals surface area (Å²) >= 11 is 0. The number of imidazole rings is 2. The minimum absolute atomic E-state index is 0.111. The van der Waals surface area contributed by atoms with Gasteiger partial charge in [-0.2, -0.15) is 0 Å². The highest BCUT2D eigenvalue weighted by Crippen LogP contribution is 2.32. The molecule has 2 heterocycles. The zero-order valence-corrected chi connectivity index (χ0v) is 32.8. The zero-order valence-electron chi connectivity index (χ0n) is 32.8. The Morgan fingerprint density at radius 1 is 0.667 bits per heavy atom. The van der Waals surface area contributed by atoms with E-state index in [1.165, 1.54) is 0 Å². The van der Waals surface area contributed by atoms with Crippen LogP contribution in [-0.4, -0.2) is 48.9 Å². The summed E-state index contributed by atoms with van der Waals surface area (Å²) in [5.74, 6) is -1.16. The van der Waals surface area contributed by atoms with Crippen LogP contribution in [0.4, 0.5) is 0 Å². The summed E-state index contributed by atoms with van der Waals surface area (Å²) < 4.78 is 10.9. The molecular weight excluding hydrogens is 713 g/mol. The van der Waals surface area contributed by atoms with Gasteiger partial charge < -0.3 is 19.4 Å². The Bertz CT molecular complexity index is 2600. The van der Waals surface area contributed by atoms with Crippen molar-refractivity contribution in [3.8, 4) is 33.5 Å².